The summed E-state index contributed by atoms with van der Waals surface area (Å²) >= 11 is 0. The molecule has 0 saturated heterocycles. The lowest BCUT2D eigenvalue weighted by atomic mass is 10.2. The summed E-state index contributed by atoms with van der Waals surface area (Å²) in [7, 11) is 0. The topological polar surface area (TPSA) is 105 Å². The van der Waals surface area contributed by atoms with Gasteiger partial charge >= 0.3 is 12.2 Å². The maximum atomic E-state index is 12.3. The van der Waals surface area contributed by atoms with Gasteiger partial charge in [0, 0.05) is 12.6 Å². The van der Waals surface area contributed by atoms with Gasteiger partial charge in [0.05, 0.1) is 0 Å². The molecule has 3 amide bonds. The fourth-order valence-corrected chi connectivity index (χ4v) is 2.73. The van der Waals surface area contributed by atoms with Crippen molar-refractivity contribution in [1.82, 2.24) is 10.2 Å². The molecular formula is C21H20N2O6. The molecule has 29 heavy (non-hydrogen) atoms. The van der Waals surface area contributed by atoms with Crippen LogP contribution in [0.2, 0.25) is 0 Å². The van der Waals surface area contributed by atoms with Gasteiger partial charge in [-0.15, -0.1) is 0 Å². The Hall–Kier alpha value is -3.81. The zero-order valence-electron chi connectivity index (χ0n) is 15.5. The number of rotatable bonds is 6. The van der Waals surface area contributed by atoms with Crippen molar-refractivity contribution in [2.45, 2.75) is 19.3 Å². The van der Waals surface area contributed by atoms with Crippen LogP contribution in [0.3, 0.4) is 0 Å². The third-order valence-electron chi connectivity index (χ3n) is 4.22. The number of aliphatic hydroxyl groups excluding tert-OH is 1. The van der Waals surface area contributed by atoms with E-state index >= 15 is 0 Å². The minimum absolute atomic E-state index is 0.0243. The first kappa shape index (κ1) is 19.9. The zero-order chi connectivity index (χ0) is 20.6. The number of nitrogens with zero attached hydrogens (tertiary/aromatic N) is 1. The Morgan fingerprint density at radius 1 is 0.931 bits per heavy atom. The van der Waals surface area contributed by atoms with E-state index in [0.717, 1.165) is 22.1 Å². The summed E-state index contributed by atoms with van der Waals surface area (Å²) in [4.78, 5) is 37.0. The third-order valence-corrected chi connectivity index (χ3v) is 4.22. The molecule has 0 unspecified atom stereocenters. The molecule has 8 heteroatoms. The van der Waals surface area contributed by atoms with Crippen LogP contribution in [0.1, 0.15) is 11.1 Å². The molecule has 1 aliphatic heterocycles. The van der Waals surface area contributed by atoms with Crippen molar-refractivity contribution >= 4 is 18.1 Å². The Morgan fingerprint density at radius 3 is 2.07 bits per heavy atom. The minimum atomic E-state index is -1.06. The van der Waals surface area contributed by atoms with Gasteiger partial charge in [-0.1, -0.05) is 60.7 Å². The fraction of sp³-hybridized carbons (Fsp3) is 0.190. The van der Waals surface area contributed by atoms with Gasteiger partial charge in [-0.3, -0.25) is 4.79 Å². The van der Waals surface area contributed by atoms with Crippen LogP contribution in [-0.2, 0) is 27.5 Å². The smallest absolute Gasteiger partial charge is 0.417 e. The van der Waals surface area contributed by atoms with Crippen LogP contribution in [0.5, 0.6) is 0 Å². The molecule has 2 N–H and O–H groups in total. The largest absolute Gasteiger partial charge is 0.510 e. The molecule has 1 aliphatic rings. The number of carbonyl (C=O) groups excluding carboxylic acids is 3. The third kappa shape index (κ3) is 5.35. The molecule has 8 nitrogen and oxygen atoms in total. The van der Waals surface area contributed by atoms with Gasteiger partial charge in [-0.05, 0) is 11.1 Å². The molecule has 1 heterocycles. The molecule has 0 spiro atoms. The van der Waals surface area contributed by atoms with Crippen molar-refractivity contribution in [3.05, 3.63) is 83.6 Å². The maximum absolute atomic E-state index is 12.3. The average molecular weight is 396 g/mol. The summed E-state index contributed by atoms with van der Waals surface area (Å²) in [5, 5.41) is 12.4. The first-order chi connectivity index (χ1) is 14.0. The van der Waals surface area contributed by atoms with Gasteiger partial charge in [-0.2, -0.15) is 0 Å². The zero-order valence-corrected chi connectivity index (χ0v) is 15.5. The van der Waals surface area contributed by atoms with E-state index < -0.39 is 24.1 Å². The number of imide groups is 1. The number of amides is 3. The SMILES string of the molecule is O=C(NC[C@H]1C(O)=CC(=O)N1C(=O)OCc1ccccc1)OCc1ccccc1. The van der Waals surface area contributed by atoms with Crippen molar-refractivity contribution < 1.29 is 29.0 Å². The Bertz CT molecular complexity index is 898. The van der Waals surface area contributed by atoms with Gasteiger partial charge in [-0.25, -0.2) is 14.5 Å². The van der Waals surface area contributed by atoms with Crippen LogP contribution >= 0.6 is 0 Å². The molecular weight excluding hydrogens is 376 g/mol. The lowest BCUT2D eigenvalue weighted by Crippen LogP contribution is -2.47. The van der Waals surface area contributed by atoms with Crippen LogP contribution in [0.25, 0.3) is 0 Å². The molecule has 3 rings (SSSR count). The second kappa shape index (κ2) is 9.41. The van der Waals surface area contributed by atoms with Gasteiger partial charge in [0.25, 0.3) is 5.91 Å². The number of benzene rings is 2. The monoisotopic (exact) mass is 396 g/mol. The molecule has 0 saturated carbocycles. The van der Waals surface area contributed by atoms with Crippen LogP contribution in [0.4, 0.5) is 9.59 Å². The molecule has 0 aliphatic carbocycles. The van der Waals surface area contributed by atoms with Crippen molar-refractivity contribution in [1.29, 1.82) is 0 Å². The number of nitrogens with one attached hydrogen (secondary N) is 1. The van der Waals surface area contributed by atoms with Crippen molar-refractivity contribution in [3.63, 3.8) is 0 Å². The molecule has 1 atom stereocenters. The van der Waals surface area contributed by atoms with Gasteiger partial charge in [0.15, 0.2) is 0 Å². The number of aliphatic hydroxyl groups is 1. The van der Waals surface area contributed by atoms with Crippen molar-refractivity contribution in [3.8, 4) is 0 Å². The Balaban J connectivity index is 1.52. The second-order valence-electron chi connectivity index (χ2n) is 6.28. The molecule has 0 radical (unpaired) electrons. The summed E-state index contributed by atoms with van der Waals surface area (Å²) in [5.41, 5.74) is 1.57. The number of ether oxygens (including phenoxy) is 2. The highest BCUT2D eigenvalue weighted by Crippen LogP contribution is 2.19. The van der Waals surface area contributed by atoms with Crippen molar-refractivity contribution in [2.24, 2.45) is 0 Å². The molecule has 2 aromatic rings. The Labute approximate surface area is 167 Å². The second-order valence-corrected chi connectivity index (χ2v) is 6.28. The van der Waals surface area contributed by atoms with Crippen molar-refractivity contribution in [2.75, 3.05) is 6.54 Å². The number of carbonyl (C=O) groups is 3. The lowest BCUT2D eigenvalue weighted by Gasteiger charge is -2.23. The predicted molar refractivity (Wildman–Crippen MR) is 103 cm³/mol. The maximum Gasteiger partial charge on any atom is 0.417 e. The summed E-state index contributed by atoms with van der Waals surface area (Å²) in [6.45, 7) is -0.160. The Morgan fingerprint density at radius 2 is 1.48 bits per heavy atom. The number of hydrogen-bond acceptors (Lipinski definition) is 6. The highest BCUT2D eigenvalue weighted by atomic mass is 16.6. The summed E-state index contributed by atoms with van der Waals surface area (Å²) < 4.78 is 10.2. The summed E-state index contributed by atoms with van der Waals surface area (Å²) in [5.74, 6) is -1.06. The van der Waals surface area contributed by atoms with E-state index in [1.165, 1.54) is 0 Å². The van der Waals surface area contributed by atoms with Gasteiger partial charge < -0.3 is 19.9 Å². The van der Waals surface area contributed by atoms with Crippen LogP contribution in [0.15, 0.2) is 72.5 Å². The van der Waals surface area contributed by atoms with Gasteiger partial charge in [0.1, 0.15) is 25.0 Å². The highest BCUT2D eigenvalue weighted by molar-refractivity contribution is 6.02. The fourth-order valence-electron chi connectivity index (χ4n) is 2.73. The van der Waals surface area contributed by atoms with E-state index in [0.29, 0.717) is 0 Å². The highest BCUT2D eigenvalue weighted by Gasteiger charge is 2.39. The summed E-state index contributed by atoms with van der Waals surface area (Å²) in [6, 6.07) is 17.0. The summed E-state index contributed by atoms with van der Waals surface area (Å²) in [6.07, 6.45) is -0.729. The van der Waals surface area contributed by atoms with Crippen LogP contribution in [-0.4, -0.2) is 40.7 Å². The number of alkyl carbamates (subject to hydrolysis) is 1. The standard InChI is InChI=1S/C21H20N2O6/c24-18-11-19(25)23(21(27)29-14-16-9-5-2-6-10-16)17(18)12-22-20(26)28-13-15-7-3-1-4-8-15/h1-11,17,24H,12-14H2,(H,22,26)/t17-/m0/s1. The van der Waals surface area contributed by atoms with E-state index in [4.69, 9.17) is 9.47 Å². The van der Waals surface area contributed by atoms with Crippen LogP contribution in [0, 0.1) is 0 Å². The average Bonchev–Trinajstić information content (AvgIpc) is 3.03. The van der Waals surface area contributed by atoms with E-state index in [-0.39, 0.29) is 25.5 Å². The normalized spacial score (nSPS) is 15.6. The molecule has 0 bridgehead atoms. The van der Waals surface area contributed by atoms with E-state index in [9.17, 15) is 19.5 Å². The lowest BCUT2D eigenvalue weighted by molar-refractivity contribution is -0.124. The Kier molecular flexibility index (Phi) is 6.47. The van der Waals surface area contributed by atoms with E-state index in [1.807, 2.05) is 36.4 Å². The van der Waals surface area contributed by atoms with E-state index in [2.05, 4.69) is 5.32 Å². The van der Waals surface area contributed by atoms with E-state index in [1.54, 1.807) is 24.3 Å². The molecule has 150 valence electrons. The molecule has 2 aromatic carbocycles. The first-order valence-corrected chi connectivity index (χ1v) is 8.93. The minimum Gasteiger partial charge on any atom is -0.510 e. The molecule has 0 fully saturated rings. The first-order valence-electron chi connectivity index (χ1n) is 8.93. The van der Waals surface area contributed by atoms with Gasteiger partial charge in [0.2, 0.25) is 0 Å². The number of hydrogen-bond donors (Lipinski definition) is 2. The molecule has 0 aromatic heterocycles. The predicted octanol–water partition coefficient (Wildman–Crippen LogP) is 2.90. The van der Waals surface area contributed by atoms with Crippen LogP contribution < -0.4 is 5.32 Å². The quantitative estimate of drug-likeness (QED) is 0.778.